The van der Waals surface area contributed by atoms with Crippen LogP contribution in [-0.4, -0.2) is 29.1 Å². The van der Waals surface area contributed by atoms with Gasteiger partial charge in [0.1, 0.15) is 17.4 Å². The largest absolute Gasteiger partial charge is 0.361 e. The van der Waals surface area contributed by atoms with E-state index in [1.165, 1.54) is 12.1 Å². The Bertz CT molecular complexity index is 730. The first-order valence-corrected chi connectivity index (χ1v) is 8.19. The summed E-state index contributed by atoms with van der Waals surface area (Å²) in [6.45, 7) is 3.08. The van der Waals surface area contributed by atoms with Crippen molar-refractivity contribution in [3.8, 4) is 0 Å². The van der Waals surface area contributed by atoms with Crippen LogP contribution in [0.2, 0.25) is 0 Å². The Hall–Kier alpha value is -2.24. The van der Waals surface area contributed by atoms with Gasteiger partial charge in [-0.05, 0) is 50.2 Å². The lowest BCUT2D eigenvalue weighted by atomic mass is 9.91. The van der Waals surface area contributed by atoms with Crippen LogP contribution in [0.3, 0.4) is 0 Å². The van der Waals surface area contributed by atoms with Gasteiger partial charge in [-0.1, -0.05) is 11.2 Å². The zero-order valence-electron chi connectivity index (χ0n) is 13.6. The number of hydrogen-bond acceptors (Lipinski definition) is 3. The third kappa shape index (κ3) is 3.80. The van der Waals surface area contributed by atoms with Crippen molar-refractivity contribution in [1.82, 2.24) is 10.1 Å². The smallest absolute Gasteiger partial charge is 0.276 e. The fourth-order valence-corrected chi connectivity index (χ4v) is 3.20. The molecule has 1 aliphatic heterocycles. The predicted molar refractivity (Wildman–Crippen MR) is 84.5 cm³/mol. The lowest BCUT2D eigenvalue weighted by Gasteiger charge is -2.32. The molecule has 1 unspecified atom stereocenters. The zero-order chi connectivity index (χ0) is 17.1. The lowest BCUT2D eigenvalue weighted by Crippen LogP contribution is -2.40. The lowest BCUT2D eigenvalue weighted by molar-refractivity contribution is 0.0657. The maximum atomic E-state index is 13.7. The predicted octanol–water partition coefficient (Wildman–Crippen LogP) is 3.75. The molecular weight excluding hydrogens is 314 g/mol. The number of nitrogens with zero attached hydrogens (tertiary/aromatic N) is 2. The highest BCUT2D eigenvalue weighted by Crippen LogP contribution is 2.24. The minimum atomic E-state index is -0.561. The second-order valence-electron chi connectivity index (χ2n) is 6.36. The highest BCUT2D eigenvalue weighted by atomic mass is 19.1. The van der Waals surface area contributed by atoms with E-state index in [2.05, 4.69) is 5.16 Å². The van der Waals surface area contributed by atoms with Crippen molar-refractivity contribution in [3.63, 3.8) is 0 Å². The van der Waals surface area contributed by atoms with E-state index in [-0.39, 0.29) is 5.91 Å². The second kappa shape index (κ2) is 7.11. The van der Waals surface area contributed by atoms with Crippen molar-refractivity contribution < 1.29 is 18.1 Å². The van der Waals surface area contributed by atoms with E-state index in [9.17, 15) is 13.6 Å². The number of rotatable bonds is 4. The molecule has 0 bridgehead atoms. The summed E-state index contributed by atoms with van der Waals surface area (Å²) in [6.07, 6.45) is 3.23. The number of carbonyl (C=O) groups excluding carboxylic acids is 1. The fraction of sp³-hybridized carbons (Fsp3) is 0.444. The molecule has 0 spiro atoms. The standard InChI is InChI=1S/C18H20F2N2O2/c1-12-9-17(21-24-12)18(23)22-8-2-3-13(11-22)4-5-14-6-7-15(19)10-16(14)20/h6-7,9-10,13H,2-5,8,11H2,1H3. The quantitative estimate of drug-likeness (QED) is 0.855. The van der Waals surface area contributed by atoms with Crippen molar-refractivity contribution >= 4 is 5.91 Å². The minimum absolute atomic E-state index is 0.121. The van der Waals surface area contributed by atoms with Gasteiger partial charge >= 0.3 is 0 Å². The molecule has 6 heteroatoms. The Morgan fingerprint density at radius 3 is 2.92 bits per heavy atom. The van der Waals surface area contributed by atoms with E-state index >= 15 is 0 Å². The maximum absolute atomic E-state index is 13.7. The van der Waals surface area contributed by atoms with Crippen LogP contribution in [0.4, 0.5) is 8.78 Å². The first-order chi connectivity index (χ1) is 11.5. The molecule has 128 valence electrons. The Balaban J connectivity index is 1.58. The van der Waals surface area contributed by atoms with Crippen LogP contribution in [0.15, 0.2) is 28.8 Å². The highest BCUT2D eigenvalue weighted by Gasteiger charge is 2.26. The maximum Gasteiger partial charge on any atom is 0.276 e. The summed E-state index contributed by atoms with van der Waals surface area (Å²) in [5.74, 6) is -0.270. The van der Waals surface area contributed by atoms with Crippen LogP contribution < -0.4 is 0 Å². The van der Waals surface area contributed by atoms with Crippen LogP contribution in [0.1, 0.15) is 41.1 Å². The van der Waals surface area contributed by atoms with Crippen LogP contribution in [0.5, 0.6) is 0 Å². The Kier molecular flexibility index (Phi) is 4.92. The van der Waals surface area contributed by atoms with Crippen LogP contribution >= 0.6 is 0 Å². The van der Waals surface area contributed by atoms with E-state index in [0.717, 1.165) is 25.3 Å². The van der Waals surface area contributed by atoms with Gasteiger partial charge < -0.3 is 9.42 Å². The summed E-state index contributed by atoms with van der Waals surface area (Å²) in [7, 11) is 0. The summed E-state index contributed by atoms with van der Waals surface area (Å²) in [5, 5.41) is 3.78. The Morgan fingerprint density at radius 1 is 1.38 bits per heavy atom. The SMILES string of the molecule is Cc1cc(C(=O)N2CCCC(CCc3ccc(F)cc3F)C2)no1. The number of halogens is 2. The van der Waals surface area contributed by atoms with Crippen molar-refractivity contribution in [2.24, 2.45) is 5.92 Å². The number of benzene rings is 1. The molecule has 2 heterocycles. The van der Waals surface area contributed by atoms with Gasteiger partial charge in [-0.15, -0.1) is 0 Å². The van der Waals surface area contributed by atoms with Crippen molar-refractivity contribution in [3.05, 3.63) is 52.9 Å². The fourth-order valence-electron chi connectivity index (χ4n) is 3.20. The molecule has 3 rings (SSSR count). The monoisotopic (exact) mass is 334 g/mol. The molecule has 1 fully saturated rings. The summed E-state index contributed by atoms with van der Waals surface area (Å²) in [6, 6.07) is 5.33. The topological polar surface area (TPSA) is 46.3 Å². The highest BCUT2D eigenvalue weighted by molar-refractivity contribution is 5.92. The molecule has 0 saturated carbocycles. The summed E-state index contributed by atoms with van der Waals surface area (Å²) in [4.78, 5) is 14.2. The average molecular weight is 334 g/mol. The number of aromatic nitrogens is 1. The minimum Gasteiger partial charge on any atom is -0.361 e. The molecule has 1 aromatic carbocycles. The molecule has 2 aromatic rings. The van der Waals surface area contributed by atoms with Gasteiger partial charge in [0.2, 0.25) is 0 Å². The number of likely N-dealkylation sites (tertiary alicyclic amines) is 1. The van der Waals surface area contributed by atoms with E-state index in [0.29, 0.717) is 42.4 Å². The number of hydrogen-bond donors (Lipinski definition) is 0. The molecule has 1 aliphatic rings. The van der Waals surface area contributed by atoms with E-state index in [1.807, 2.05) is 0 Å². The molecule has 1 atom stereocenters. The Labute approximate surface area is 139 Å². The molecule has 1 saturated heterocycles. The van der Waals surface area contributed by atoms with Gasteiger partial charge in [0.25, 0.3) is 5.91 Å². The van der Waals surface area contributed by atoms with Gasteiger partial charge in [-0.2, -0.15) is 0 Å². The summed E-state index contributed by atoms with van der Waals surface area (Å²) >= 11 is 0. The molecule has 0 radical (unpaired) electrons. The number of piperidine rings is 1. The number of amides is 1. The first kappa shape index (κ1) is 16.6. The van der Waals surface area contributed by atoms with Crippen molar-refractivity contribution in [2.45, 2.75) is 32.6 Å². The van der Waals surface area contributed by atoms with Crippen LogP contribution in [0, 0.1) is 24.5 Å². The number of carbonyl (C=O) groups is 1. The van der Waals surface area contributed by atoms with Gasteiger partial charge in [0, 0.05) is 25.2 Å². The third-order valence-corrected chi connectivity index (χ3v) is 4.49. The van der Waals surface area contributed by atoms with Gasteiger partial charge in [0.15, 0.2) is 5.69 Å². The molecular formula is C18H20F2N2O2. The molecule has 1 amide bonds. The van der Waals surface area contributed by atoms with E-state index in [1.54, 1.807) is 17.9 Å². The molecule has 4 nitrogen and oxygen atoms in total. The van der Waals surface area contributed by atoms with Gasteiger partial charge in [-0.3, -0.25) is 4.79 Å². The van der Waals surface area contributed by atoms with Crippen molar-refractivity contribution in [1.29, 1.82) is 0 Å². The van der Waals surface area contributed by atoms with Crippen LogP contribution in [0.25, 0.3) is 0 Å². The third-order valence-electron chi connectivity index (χ3n) is 4.49. The molecule has 24 heavy (non-hydrogen) atoms. The van der Waals surface area contributed by atoms with Crippen LogP contribution in [-0.2, 0) is 6.42 Å². The van der Waals surface area contributed by atoms with Crippen molar-refractivity contribution in [2.75, 3.05) is 13.1 Å². The Morgan fingerprint density at radius 2 is 2.21 bits per heavy atom. The average Bonchev–Trinajstić information content (AvgIpc) is 3.00. The normalized spacial score (nSPS) is 18.0. The zero-order valence-corrected chi connectivity index (χ0v) is 13.6. The van der Waals surface area contributed by atoms with Gasteiger partial charge in [-0.25, -0.2) is 8.78 Å². The molecule has 0 N–H and O–H groups in total. The number of aryl methyl sites for hydroxylation is 2. The second-order valence-corrected chi connectivity index (χ2v) is 6.36. The molecule has 1 aromatic heterocycles. The first-order valence-electron chi connectivity index (χ1n) is 8.19. The summed E-state index contributed by atoms with van der Waals surface area (Å²) < 4.78 is 31.6. The van der Waals surface area contributed by atoms with E-state index in [4.69, 9.17) is 4.52 Å². The summed E-state index contributed by atoms with van der Waals surface area (Å²) in [5.41, 5.74) is 0.852. The molecule has 0 aliphatic carbocycles. The van der Waals surface area contributed by atoms with Gasteiger partial charge in [0.05, 0.1) is 0 Å². The van der Waals surface area contributed by atoms with E-state index < -0.39 is 11.6 Å².